The lowest BCUT2D eigenvalue weighted by molar-refractivity contribution is 0.309. The summed E-state index contributed by atoms with van der Waals surface area (Å²) in [6, 6.07) is 6.55. The summed E-state index contributed by atoms with van der Waals surface area (Å²) >= 11 is 0. The minimum atomic E-state index is 0.351. The van der Waals surface area contributed by atoms with Gasteiger partial charge in [0.1, 0.15) is 0 Å². The van der Waals surface area contributed by atoms with Crippen LogP contribution in [0.5, 0.6) is 11.5 Å². The number of nitrogens with one attached hydrogen (secondary N) is 1. The molecule has 2 fully saturated rings. The summed E-state index contributed by atoms with van der Waals surface area (Å²) in [5.41, 5.74) is 1.26. The van der Waals surface area contributed by atoms with E-state index in [0.29, 0.717) is 6.04 Å². The summed E-state index contributed by atoms with van der Waals surface area (Å²) in [5.74, 6) is 4.51. The van der Waals surface area contributed by atoms with Crippen LogP contribution in [0, 0.1) is 17.8 Å². The standard InChI is InChI=1S/C18H27NO2/c1-12(14-6-7-17(20-2)18(10-14)21-3)19-11-16-9-13-4-5-15(16)8-13/h6-7,10,12-13,15-16,19H,4-5,8-9,11H2,1-3H3. The number of rotatable bonds is 6. The molecular formula is C18H27NO2. The summed E-state index contributed by atoms with van der Waals surface area (Å²) in [6.45, 7) is 3.38. The molecule has 1 N–H and O–H groups in total. The second kappa shape index (κ2) is 6.27. The lowest BCUT2D eigenvalue weighted by Gasteiger charge is -2.24. The molecule has 0 spiro atoms. The maximum atomic E-state index is 5.39. The highest BCUT2D eigenvalue weighted by Crippen LogP contribution is 2.48. The quantitative estimate of drug-likeness (QED) is 0.864. The molecule has 0 heterocycles. The first-order chi connectivity index (χ1) is 10.2. The maximum Gasteiger partial charge on any atom is 0.161 e. The number of hydrogen-bond donors (Lipinski definition) is 1. The molecule has 0 saturated heterocycles. The molecule has 3 rings (SSSR count). The molecule has 3 nitrogen and oxygen atoms in total. The normalized spacial score (nSPS) is 28.6. The van der Waals surface area contributed by atoms with Gasteiger partial charge in [-0.3, -0.25) is 0 Å². The van der Waals surface area contributed by atoms with Crippen LogP contribution < -0.4 is 14.8 Å². The molecule has 4 unspecified atom stereocenters. The van der Waals surface area contributed by atoms with Gasteiger partial charge in [0.2, 0.25) is 0 Å². The Morgan fingerprint density at radius 3 is 2.57 bits per heavy atom. The van der Waals surface area contributed by atoms with Crippen molar-refractivity contribution in [3.05, 3.63) is 23.8 Å². The molecule has 2 bridgehead atoms. The molecule has 0 aliphatic heterocycles. The molecule has 2 aliphatic rings. The fourth-order valence-electron chi connectivity index (χ4n) is 4.19. The van der Waals surface area contributed by atoms with E-state index in [1.54, 1.807) is 14.2 Å². The monoisotopic (exact) mass is 289 g/mol. The first-order valence-electron chi connectivity index (χ1n) is 8.16. The summed E-state index contributed by atoms with van der Waals surface area (Å²) in [6.07, 6.45) is 5.86. The van der Waals surface area contributed by atoms with Gasteiger partial charge in [0.15, 0.2) is 11.5 Å². The Kier molecular flexibility index (Phi) is 4.39. The highest BCUT2D eigenvalue weighted by molar-refractivity contribution is 5.43. The predicted octanol–water partition coefficient (Wildman–Crippen LogP) is 3.79. The van der Waals surface area contributed by atoms with Gasteiger partial charge in [0, 0.05) is 6.04 Å². The molecule has 2 saturated carbocycles. The van der Waals surface area contributed by atoms with Crippen LogP contribution in [0.2, 0.25) is 0 Å². The predicted molar refractivity (Wildman–Crippen MR) is 84.9 cm³/mol. The molecule has 0 aromatic heterocycles. The second-order valence-corrected chi connectivity index (χ2v) is 6.68. The van der Waals surface area contributed by atoms with E-state index in [1.807, 2.05) is 6.07 Å². The van der Waals surface area contributed by atoms with Crippen molar-refractivity contribution in [3.63, 3.8) is 0 Å². The van der Waals surface area contributed by atoms with E-state index in [0.717, 1.165) is 35.8 Å². The van der Waals surface area contributed by atoms with Crippen LogP contribution in [0.25, 0.3) is 0 Å². The molecule has 2 aliphatic carbocycles. The van der Waals surface area contributed by atoms with E-state index >= 15 is 0 Å². The summed E-state index contributed by atoms with van der Waals surface area (Å²) < 4.78 is 10.7. The lowest BCUT2D eigenvalue weighted by atomic mass is 9.88. The Morgan fingerprint density at radius 1 is 1.14 bits per heavy atom. The topological polar surface area (TPSA) is 30.5 Å². The largest absolute Gasteiger partial charge is 0.493 e. The summed E-state index contributed by atoms with van der Waals surface area (Å²) in [7, 11) is 3.36. The first kappa shape index (κ1) is 14.7. The molecule has 1 aromatic rings. The van der Waals surface area contributed by atoms with Crippen LogP contribution in [-0.2, 0) is 0 Å². The third kappa shape index (κ3) is 3.03. The third-order valence-corrected chi connectivity index (χ3v) is 5.48. The molecule has 0 amide bonds. The zero-order valence-corrected chi connectivity index (χ0v) is 13.4. The lowest BCUT2D eigenvalue weighted by Crippen LogP contribution is -2.28. The van der Waals surface area contributed by atoms with Crippen molar-refractivity contribution in [1.82, 2.24) is 5.32 Å². The van der Waals surface area contributed by atoms with Gasteiger partial charge in [-0.1, -0.05) is 12.5 Å². The fourth-order valence-corrected chi connectivity index (χ4v) is 4.19. The maximum absolute atomic E-state index is 5.39. The number of fused-ring (bicyclic) bond motifs is 2. The number of hydrogen-bond acceptors (Lipinski definition) is 3. The molecular weight excluding hydrogens is 262 g/mol. The summed E-state index contributed by atoms with van der Waals surface area (Å²) in [5, 5.41) is 3.72. The molecule has 0 radical (unpaired) electrons. The van der Waals surface area contributed by atoms with E-state index in [4.69, 9.17) is 9.47 Å². The van der Waals surface area contributed by atoms with Gasteiger partial charge in [-0.2, -0.15) is 0 Å². The fraction of sp³-hybridized carbons (Fsp3) is 0.667. The van der Waals surface area contributed by atoms with Crippen LogP contribution in [0.4, 0.5) is 0 Å². The number of benzene rings is 1. The van der Waals surface area contributed by atoms with Crippen LogP contribution >= 0.6 is 0 Å². The van der Waals surface area contributed by atoms with Crippen LogP contribution in [0.3, 0.4) is 0 Å². The van der Waals surface area contributed by atoms with E-state index < -0.39 is 0 Å². The van der Waals surface area contributed by atoms with Crippen molar-refractivity contribution in [2.75, 3.05) is 20.8 Å². The van der Waals surface area contributed by atoms with Crippen molar-refractivity contribution in [1.29, 1.82) is 0 Å². The number of methoxy groups -OCH3 is 2. The van der Waals surface area contributed by atoms with Crippen molar-refractivity contribution in [2.24, 2.45) is 17.8 Å². The van der Waals surface area contributed by atoms with Gasteiger partial charge in [-0.15, -0.1) is 0 Å². The second-order valence-electron chi connectivity index (χ2n) is 6.68. The van der Waals surface area contributed by atoms with Gasteiger partial charge in [0.05, 0.1) is 14.2 Å². The van der Waals surface area contributed by atoms with Crippen molar-refractivity contribution >= 4 is 0 Å². The average molecular weight is 289 g/mol. The molecule has 116 valence electrons. The third-order valence-electron chi connectivity index (χ3n) is 5.48. The van der Waals surface area contributed by atoms with Gasteiger partial charge in [0.25, 0.3) is 0 Å². The Balaban J connectivity index is 1.58. The minimum absolute atomic E-state index is 0.351. The van der Waals surface area contributed by atoms with Crippen molar-refractivity contribution in [3.8, 4) is 11.5 Å². The van der Waals surface area contributed by atoms with Crippen LogP contribution in [0.1, 0.15) is 44.2 Å². The van der Waals surface area contributed by atoms with E-state index in [1.165, 1.54) is 31.2 Å². The zero-order chi connectivity index (χ0) is 14.8. The average Bonchev–Trinajstić information content (AvgIpc) is 3.14. The van der Waals surface area contributed by atoms with Gasteiger partial charge in [-0.25, -0.2) is 0 Å². The van der Waals surface area contributed by atoms with Gasteiger partial charge < -0.3 is 14.8 Å². The Morgan fingerprint density at radius 2 is 1.95 bits per heavy atom. The SMILES string of the molecule is COc1ccc(C(C)NCC2CC3CCC2C3)cc1OC. The highest BCUT2D eigenvalue weighted by Gasteiger charge is 2.39. The molecule has 1 aromatic carbocycles. The van der Waals surface area contributed by atoms with Crippen molar-refractivity contribution in [2.45, 2.75) is 38.6 Å². The van der Waals surface area contributed by atoms with Crippen LogP contribution in [-0.4, -0.2) is 20.8 Å². The summed E-state index contributed by atoms with van der Waals surface area (Å²) in [4.78, 5) is 0. The van der Waals surface area contributed by atoms with Gasteiger partial charge >= 0.3 is 0 Å². The Hall–Kier alpha value is -1.22. The molecule has 4 atom stereocenters. The number of ether oxygens (including phenoxy) is 2. The smallest absolute Gasteiger partial charge is 0.161 e. The Labute approximate surface area is 128 Å². The molecule has 21 heavy (non-hydrogen) atoms. The van der Waals surface area contributed by atoms with Crippen molar-refractivity contribution < 1.29 is 9.47 Å². The van der Waals surface area contributed by atoms with E-state index in [-0.39, 0.29) is 0 Å². The van der Waals surface area contributed by atoms with E-state index in [9.17, 15) is 0 Å². The first-order valence-corrected chi connectivity index (χ1v) is 8.16. The molecule has 3 heteroatoms. The Bertz CT molecular complexity index is 488. The van der Waals surface area contributed by atoms with Gasteiger partial charge in [-0.05, 0) is 68.2 Å². The minimum Gasteiger partial charge on any atom is -0.493 e. The zero-order valence-electron chi connectivity index (χ0n) is 13.4. The van der Waals surface area contributed by atoms with Crippen LogP contribution in [0.15, 0.2) is 18.2 Å². The van der Waals surface area contributed by atoms with E-state index in [2.05, 4.69) is 24.4 Å². The highest BCUT2D eigenvalue weighted by atomic mass is 16.5.